The van der Waals surface area contributed by atoms with Crippen LogP contribution in [0.25, 0.3) is 0 Å². The fourth-order valence-electron chi connectivity index (χ4n) is 1.29. The monoisotopic (exact) mass is 256 g/mol. The number of nitrogens with one attached hydrogen (secondary N) is 1. The van der Waals surface area contributed by atoms with Crippen LogP contribution in [0.15, 0.2) is 9.95 Å². The predicted molar refractivity (Wildman–Crippen MR) is 64.9 cm³/mol. The third-order valence-electron chi connectivity index (χ3n) is 2.12. The van der Waals surface area contributed by atoms with Crippen molar-refractivity contribution in [2.75, 3.05) is 19.5 Å². The van der Waals surface area contributed by atoms with E-state index in [1.54, 1.807) is 11.7 Å². The number of rotatable bonds is 8. The van der Waals surface area contributed by atoms with E-state index in [1.165, 1.54) is 11.8 Å². The van der Waals surface area contributed by atoms with E-state index in [1.807, 2.05) is 0 Å². The Kier molecular flexibility index (Phi) is 6.43. The molecular formula is C10H16N4O2S. The highest BCUT2D eigenvalue weighted by Crippen LogP contribution is 2.15. The van der Waals surface area contributed by atoms with E-state index in [4.69, 9.17) is 10.00 Å². The molecule has 17 heavy (non-hydrogen) atoms. The molecule has 0 amide bonds. The number of unbranched alkanes of at least 4 members (excludes halogenated alkanes) is 1. The smallest absolute Gasteiger partial charge is 0.343 e. The summed E-state index contributed by atoms with van der Waals surface area (Å²) in [6, 6.07) is 2.09. The summed E-state index contributed by atoms with van der Waals surface area (Å²) in [6.45, 7) is 1.22. The SMILES string of the molecule is COCCCn1c(SCCCC#N)n[nH]c1=O. The standard InChI is InChI=1S/C10H16N4O2S/c1-16-7-4-6-14-9(15)12-13-10(14)17-8-3-2-5-11/h2-4,6-8H2,1H3,(H,12,15). The average molecular weight is 256 g/mol. The van der Waals surface area contributed by atoms with Crippen LogP contribution in [-0.4, -0.2) is 34.2 Å². The van der Waals surface area contributed by atoms with Gasteiger partial charge in [0, 0.05) is 32.4 Å². The van der Waals surface area contributed by atoms with Gasteiger partial charge in [0.2, 0.25) is 0 Å². The topological polar surface area (TPSA) is 83.7 Å². The van der Waals surface area contributed by atoms with Gasteiger partial charge in [0.05, 0.1) is 6.07 Å². The van der Waals surface area contributed by atoms with Gasteiger partial charge in [0.25, 0.3) is 0 Å². The number of H-pyrrole nitrogens is 1. The molecule has 0 aliphatic heterocycles. The van der Waals surface area contributed by atoms with Crippen LogP contribution in [0.3, 0.4) is 0 Å². The molecule has 1 rings (SSSR count). The highest BCUT2D eigenvalue weighted by atomic mass is 32.2. The van der Waals surface area contributed by atoms with E-state index in [0.29, 0.717) is 24.7 Å². The molecule has 1 N–H and O–H groups in total. The minimum Gasteiger partial charge on any atom is -0.385 e. The van der Waals surface area contributed by atoms with Crippen molar-refractivity contribution in [2.24, 2.45) is 0 Å². The van der Waals surface area contributed by atoms with E-state index in [-0.39, 0.29) is 5.69 Å². The Morgan fingerprint density at radius 2 is 2.41 bits per heavy atom. The Balaban J connectivity index is 2.48. The van der Waals surface area contributed by atoms with Gasteiger partial charge in [-0.3, -0.25) is 4.57 Å². The Bertz CT molecular complexity index is 421. The molecule has 0 fully saturated rings. The molecule has 0 unspecified atom stereocenters. The molecule has 0 aliphatic carbocycles. The van der Waals surface area contributed by atoms with Crippen LogP contribution in [0.1, 0.15) is 19.3 Å². The van der Waals surface area contributed by atoms with E-state index in [9.17, 15) is 4.79 Å². The van der Waals surface area contributed by atoms with Gasteiger partial charge in [-0.25, -0.2) is 9.89 Å². The minimum absolute atomic E-state index is 0.191. The normalized spacial score (nSPS) is 10.4. The summed E-state index contributed by atoms with van der Waals surface area (Å²) in [5.74, 6) is 0.794. The molecule has 0 aliphatic rings. The number of thioether (sulfide) groups is 1. The lowest BCUT2D eigenvalue weighted by atomic mass is 10.4. The van der Waals surface area contributed by atoms with Crippen molar-refractivity contribution in [3.63, 3.8) is 0 Å². The average Bonchev–Trinajstić information content (AvgIpc) is 2.67. The highest BCUT2D eigenvalue weighted by molar-refractivity contribution is 7.99. The van der Waals surface area contributed by atoms with Crippen molar-refractivity contribution in [3.8, 4) is 6.07 Å². The van der Waals surface area contributed by atoms with Crippen molar-refractivity contribution in [1.82, 2.24) is 14.8 Å². The first-order chi connectivity index (χ1) is 8.29. The second kappa shape index (κ2) is 7.92. The van der Waals surface area contributed by atoms with E-state index < -0.39 is 0 Å². The van der Waals surface area contributed by atoms with Crippen molar-refractivity contribution >= 4 is 11.8 Å². The molecule has 0 radical (unpaired) electrons. The Labute approximate surface area is 104 Å². The summed E-state index contributed by atoms with van der Waals surface area (Å²) in [4.78, 5) is 11.5. The maximum Gasteiger partial charge on any atom is 0.343 e. The molecule has 1 heterocycles. The summed E-state index contributed by atoms with van der Waals surface area (Å²) < 4.78 is 6.55. The molecule has 0 aromatic carbocycles. The number of hydrogen-bond acceptors (Lipinski definition) is 5. The lowest BCUT2D eigenvalue weighted by Crippen LogP contribution is -2.18. The van der Waals surface area contributed by atoms with Crippen molar-refractivity contribution in [1.29, 1.82) is 5.26 Å². The van der Waals surface area contributed by atoms with Crippen LogP contribution in [-0.2, 0) is 11.3 Å². The van der Waals surface area contributed by atoms with Gasteiger partial charge in [0.15, 0.2) is 5.16 Å². The molecule has 6 nitrogen and oxygen atoms in total. The quantitative estimate of drug-likeness (QED) is 0.554. The summed E-state index contributed by atoms with van der Waals surface area (Å²) in [7, 11) is 1.63. The highest BCUT2D eigenvalue weighted by Gasteiger charge is 2.07. The number of nitrogens with zero attached hydrogens (tertiary/aromatic N) is 3. The Hall–Kier alpha value is -1.26. The van der Waals surface area contributed by atoms with Gasteiger partial charge in [-0.2, -0.15) is 5.26 Å². The number of aromatic amines is 1. The van der Waals surface area contributed by atoms with E-state index in [0.717, 1.165) is 18.6 Å². The zero-order chi connectivity index (χ0) is 12.5. The van der Waals surface area contributed by atoms with Crippen LogP contribution >= 0.6 is 11.8 Å². The number of aromatic nitrogens is 3. The molecular weight excluding hydrogens is 240 g/mol. The van der Waals surface area contributed by atoms with Crippen LogP contribution in [0.2, 0.25) is 0 Å². The van der Waals surface area contributed by atoms with Gasteiger partial charge in [-0.1, -0.05) is 11.8 Å². The van der Waals surface area contributed by atoms with Crippen LogP contribution < -0.4 is 5.69 Å². The lowest BCUT2D eigenvalue weighted by molar-refractivity contribution is 0.189. The molecule has 0 saturated heterocycles. The summed E-state index contributed by atoms with van der Waals surface area (Å²) >= 11 is 1.49. The van der Waals surface area contributed by atoms with Gasteiger partial charge in [-0.15, -0.1) is 5.10 Å². The Morgan fingerprint density at radius 1 is 1.59 bits per heavy atom. The zero-order valence-corrected chi connectivity index (χ0v) is 10.6. The van der Waals surface area contributed by atoms with Crippen LogP contribution in [0, 0.1) is 11.3 Å². The second-order valence-corrected chi connectivity index (χ2v) is 4.48. The molecule has 1 aromatic rings. The van der Waals surface area contributed by atoms with Gasteiger partial charge >= 0.3 is 5.69 Å². The molecule has 94 valence electrons. The lowest BCUT2D eigenvalue weighted by Gasteiger charge is -2.04. The fraction of sp³-hybridized carbons (Fsp3) is 0.700. The van der Waals surface area contributed by atoms with Gasteiger partial charge in [-0.05, 0) is 12.8 Å². The van der Waals surface area contributed by atoms with Gasteiger partial charge in [0.1, 0.15) is 0 Å². The number of methoxy groups -OCH3 is 1. The number of hydrogen-bond donors (Lipinski definition) is 1. The maximum atomic E-state index is 11.5. The molecule has 0 atom stereocenters. The van der Waals surface area contributed by atoms with Gasteiger partial charge < -0.3 is 4.74 Å². The summed E-state index contributed by atoms with van der Waals surface area (Å²) in [5, 5.41) is 15.5. The first kappa shape index (κ1) is 13.8. The van der Waals surface area contributed by atoms with Crippen molar-refractivity contribution in [3.05, 3.63) is 10.5 Å². The van der Waals surface area contributed by atoms with E-state index >= 15 is 0 Å². The molecule has 0 bridgehead atoms. The number of ether oxygens (including phenoxy) is 1. The fourth-order valence-corrected chi connectivity index (χ4v) is 2.20. The number of nitriles is 1. The van der Waals surface area contributed by atoms with Crippen molar-refractivity contribution in [2.45, 2.75) is 31.0 Å². The molecule has 1 aromatic heterocycles. The molecule has 7 heteroatoms. The Morgan fingerprint density at radius 3 is 3.12 bits per heavy atom. The predicted octanol–water partition coefficient (Wildman–Crippen LogP) is 1.00. The minimum atomic E-state index is -0.191. The third-order valence-corrected chi connectivity index (χ3v) is 3.18. The largest absolute Gasteiger partial charge is 0.385 e. The zero-order valence-electron chi connectivity index (χ0n) is 9.81. The van der Waals surface area contributed by atoms with Crippen LogP contribution in [0.4, 0.5) is 0 Å². The molecule has 0 saturated carbocycles. The first-order valence-electron chi connectivity index (χ1n) is 5.43. The first-order valence-corrected chi connectivity index (χ1v) is 6.42. The summed E-state index contributed by atoms with van der Waals surface area (Å²) in [6.07, 6.45) is 2.12. The van der Waals surface area contributed by atoms with Crippen LogP contribution in [0.5, 0.6) is 0 Å². The second-order valence-electron chi connectivity index (χ2n) is 3.42. The summed E-state index contributed by atoms with van der Waals surface area (Å²) in [5.41, 5.74) is -0.191. The maximum absolute atomic E-state index is 11.5. The van der Waals surface area contributed by atoms with E-state index in [2.05, 4.69) is 16.3 Å². The third kappa shape index (κ3) is 4.63. The molecule has 0 spiro atoms. The van der Waals surface area contributed by atoms with Crippen molar-refractivity contribution < 1.29 is 4.74 Å².